The minimum Gasteiger partial charge on any atom is -0.347 e. The van der Waals surface area contributed by atoms with Crippen LogP contribution in [0.1, 0.15) is 23.0 Å². The van der Waals surface area contributed by atoms with Crippen LogP contribution in [0.3, 0.4) is 0 Å². The predicted molar refractivity (Wildman–Crippen MR) is 92.7 cm³/mol. The van der Waals surface area contributed by atoms with Crippen LogP contribution in [0.4, 0.5) is 10.2 Å². The molecule has 0 aliphatic heterocycles. The number of fused-ring (bicyclic) bond motifs is 1. The van der Waals surface area contributed by atoms with Gasteiger partial charge in [-0.25, -0.2) is 14.4 Å². The van der Waals surface area contributed by atoms with E-state index >= 15 is 0 Å². The SMILES string of the molecule is C=C(C)Nc1n[nH]c2c(C(=O)NCc3ccc(F)c(Cl)c3)ncnc12. The molecular formula is C16H14ClFN6O. The van der Waals surface area contributed by atoms with E-state index < -0.39 is 11.7 Å². The molecule has 0 radical (unpaired) electrons. The van der Waals surface area contributed by atoms with Crippen molar-refractivity contribution < 1.29 is 9.18 Å². The highest BCUT2D eigenvalue weighted by molar-refractivity contribution is 6.30. The molecule has 0 spiro atoms. The maximum absolute atomic E-state index is 13.2. The second kappa shape index (κ2) is 6.86. The number of allylic oxidation sites excluding steroid dienone is 1. The highest BCUT2D eigenvalue weighted by atomic mass is 35.5. The fourth-order valence-electron chi connectivity index (χ4n) is 2.21. The normalized spacial score (nSPS) is 10.7. The van der Waals surface area contributed by atoms with E-state index in [0.29, 0.717) is 28.1 Å². The van der Waals surface area contributed by atoms with Crippen molar-refractivity contribution in [3.8, 4) is 0 Å². The van der Waals surface area contributed by atoms with E-state index in [9.17, 15) is 9.18 Å². The Hall–Kier alpha value is -3.00. The van der Waals surface area contributed by atoms with E-state index in [4.69, 9.17) is 11.6 Å². The summed E-state index contributed by atoms with van der Waals surface area (Å²) in [6.07, 6.45) is 1.28. The lowest BCUT2D eigenvalue weighted by molar-refractivity contribution is 0.0947. The molecule has 7 nitrogen and oxygen atoms in total. The van der Waals surface area contributed by atoms with Gasteiger partial charge >= 0.3 is 0 Å². The van der Waals surface area contributed by atoms with Crippen molar-refractivity contribution in [1.29, 1.82) is 0 Å². The van der Waals surface area contributed by atoms with Gasteiger partial charge in [0.15, 0.2) is 11.5 Å². The average Bonchev–Trinajstić information content (AvgIpc) is 2.98. The number of benzene rings is 1. The fourth-order valence-corrected chi connectivity index (χ4v) is 2.42. The molecule has 0 aliphatic rings. The molecular weight excluding hydrogens is 347 g/mol. The molecule has 0 bridgehead atoms. The Kier molecular flexibility index (Phi) is 4.62. The van der Waals surface area contributed by atoms with E-state index in [1.807, 2.05) is 0 Å². The first kappa shape index (κ1) is 16.8. The molecule has 0 aliphatic carbocycles. The highest BCUT2D eigenvalue weighted by Crippen LogP contribution is 2.21. The number of aromatic nitrogens is 4. The number of carbonyl (C=O) groups excluding carboxylic acids is 1. The Balaban J connectivity index is 1.81. The molecule has 9 heteroatoms. The third kappa shape index (κ3) is 3.58. The van der Waals surface area contributed by atoms with E-state index in [-0.39, 0.29) is 17.3 Å². The molecule has 0 unspecified atom stereocenters. The molecule has 0 saturated heterocycles. The third-order valence-corrected chi connectivity index (χ3v) is 3.62. The zero-order valence-corrected chi connectivity index (χ0v) is 14.0. The Morgan fingerprint density at radius 1 is 1.40 bits per heavy atom. The van der Waals surface area contributed by atoms with Crippen LogP contribution in [0, 0.1) is 5.82 Å². The number of amides is 1. The zero-order chi connectivity index (χ0) is 18.0. The second-order valence-electron chi connectivity index (χ2n) is 5.35. The molecule has 3 rings (SSSR count). The van der Waals surface area contributed by atoms with Crippen LogP contribution in [-0.4, -0.2) is 26.1 Å². The van der Waals surface area contributed by atoms with Crippen LogP contribution < -0.4 is 10.6 Å². The summed E-state index contributed by atoms with van der Waals surface area (Å²) >= 11 is 5.73. The molecule has 128 valence electrons. The summed E-state index contributed by atoms with van der Waals surface area (Å²) in [7, 11) is 0. The molecule has 3 aromatic rings. The predicted octanol–water partition coefficient (Wildman–Crippen LogP) is 3.02. The van der Waals surface area contributed by atoms with Gasteiger partial charge in [-0.3, -0.25) is 9.89 Å². The molecule has 2 heterocycles. The quantitative estimate of drug-likeness (QED) is 0.650. The van der Waals surface area contributed by atoms with Gasteiger partial charge in [0.2, 0.25) is 0 Å². The van der Waals surface area contributed by atoms with Gasteiger partial charge in [-0.2, -0.15) is 5.10 Å². The molecule has 0 fully saturated rings. The number of hydrogen-bond acceptors (Lipinski definition) is 5. The second-order valence-corrected chi connectivity index (χ2v) is 5.76. The molecule has 25 heavy (non-hydrogen) atoms. The average molecular weight is 361 g/mol. The topological polar surface area (TPSA) is 95.6 Å². The largest absolute Gasteiger partial charge is 0.347 e. The molecule has 0 atom stereocenters. The van der Waals surface area contributed by atoms with Crippen LogP contribution >= 0.6 is 11.6 Å². The molecule has 2 aromatic heterocycles. The molecule has 3 N–H and O–H groups in total. The minimum atomic E-state index is -0.510. The summed E-state index contributed by atoms with van der Waals surface area (Å²) in [6.45, 7) is 5.70. The summed E-state index contributed by atoms with van der Waals surface area (Å²) < 4.78 is 13.2. The number of nitrogens with zero attached hydrogens (tertiary/aromatic N) is 3. The van der Waals surface area contributed by atoms with Gasteiger partial charge in [-0.15, -0.1) is 0 Å². The number of halogens is 2. The van der Waals surface area contributed by atoms with Gasteiger partial charge in [0.25, 0.3) is 5.91 Å². The van der Waals surface area contributed by atoms with Crippen LogP contribution in [0.5, 0.6) is 0 Å². The van der Waals surface area contributed by atoms with Crippen molar-refractivity contribution in [3.63, 3.8) is 0 Å². The van der Waals surface area contributed by atoms with Gasteiger partial charge in [0.05, 0.1) is 5.02 Å². The summed E-state index contributed by atoms with van der Waals surface area (Å²) in [5.41, 5.74) is 2.39. The first-order chi connectivity index (χ1) is 12.0. The summed E-state index contributed by atoms with van der Waals surface area (Å²) in [4.78, 5) is 20.6. The number of rotatable bonds is 5. The van der Waals surface area contributed by atoms with Crippen molar-refractivity contribution in [1.82, 2.24) is 25.5 Å². The Morgan fingerprint density at radius 3 is 2.92 bits per heavy atom. The monoisotopic (exact) mass is 360 g/mol. The van der Waals surface area contributed by atoms with Gasteiger partial charge < -0.3 is 10.6 Å². The standard InChI is InChI=1S/C16H14ClFN6O/c1-8(2)22-15-13-12(23-24-15)14(21-7-20-13)16(25)19-6-9-3-4-11(18)10(17)5-9/h3-5,7H,1,6H2,2H3,(H,19,25)(H2,22,23,24). The van der Waals surface area contributed by atoms with Gasteiger partial charge in [-0.1, -0.05) is 24.2 Å². The molecule has 0 saturated carbocycles. The Morgan fingerprint density at radius 2 is 2.20 bits per heavy atom. The van der Waals surface area contributed by atoms with Gasteiger partial charge in [0.1, 0.15) is 23.2 Å². The van der Waals surface area contributed by atoms with Crippen LogP contribution in [0.2, 0.25) is 5.02 Å². The number of aromatic amines is 1. The van der Waals surface area contributed by atoms with Crippen molar-refractivity contribution >= 4 is 34.4 Å². The van der Waals surface area contributed by atoms with Crippen LogP contribution in [0.15, 0.2) is 36.8 Å². The minimum absolute atomic E-state index is 0.000236. The highest BCUT2D eigenvalue weighted by Gasteiger charge is 2.17. The van der Waals surface area contributed by atoms with E-state index in [0.717, 1.165) is 0 Å². The smallest absolute Gasteiger partial charge is 0.272 e. The number of carbonyl (C=O) groups is 1. The third-order valence-electron chi connectivity index (χ3n) is 3.34. The summed E-state index contributed by atoms with van der Waals surface area (Å²) in [5, 5.41) is 12.5. The fraction of sp³-hybridized carbons (Fsp3) is 0.125. The van der Waals surface area contributed by atoms with Gasteiger partial charge in [0, 0.05) is 12.2 Å². The summed E-state index contributed by atoms with van der Waals surface area (Å²) in [5.74, 6) is -0.466. The maximum atomic E-state index is 13.2. The van der Waals surface area contributed by atoms with E-state index in [2.05, 4.69) is 37.4 Å². The lowest BCUT2D eigenvalue weighted by atomic mass is 10.2. The first-order valence-corrected chi connectivity index (χ1v) is 7.67. The van der Waals surface area contributed by atoms with E-state index in [1.54, 1.807) is 13.0 Å². The first-order valence-electron chi connectivity index (χ1n) is 7.29. The number of nitrogens with one attached hydrogen (secondary N) is 3. The lowest BCUT2D eigenvalue weighted by Gasteiger charge is -2.06. The number of anilines is 1. The van der Waals surface area contributed by atoms with Crippen LogP contribution in [-0.2, 0) is 6.54 Å². The molecule has 1 aromatic carbocycles. The number of H-pyrrole nitrogens is 1. The van der Waals surface area contributed by atoms with Crippen molar-refractivity contribution in [2.45, 2.75) is 13.5 Å². The van der Waals surface area contributed by atoms with Crippen molar-refractivity contribution in [2.24, 2.45) is 0 Å². The van der Waals surface area contributed by atoms with Crippen molar-refractivity contribution in [3.05, 3.63) is 58.9 Å². The van der Waals surface area contributed by atoms with Crippen molar-refractivity contribution in [2.75, 3.05) is 5.32 Å². The van der Waals surface area contributed by atoms with E-state index in [1.165, 1.54) is 18.5 Å². The molecule has 1 amide bonds. The maximum Gasteiger partial charge on any atom is 0.272 e. The number of hydrogen-bond donors (Lipinski definition) is 3. The van der Waals surface area contributed by atoms with Gasteiger partial charge in [-0.05, 0) is 24.6 Å². The Labute approximate surface area is 147 Å². The van der Waals surface area contributed by atoms with Crippen LogP contribution in [0.25, 0.3) is 11.0 Å². The summed E-state index contributed by atoms with van der Waals surface area (Å²) in [6, 6.07) is 4.25. The Bertz CT molecular complexity index is 970. The lowest BCUT2D eigenvalue weighted by Crippen LogP contribution is -2.24. The zero-order valence-electron chi connectivity index (χ0n) is 13.2.